The van der Waals surface area contributed by atoms with E-state index < -0.39 is 0 Å². The second-order valence-corrected chi connectivity index (χ2v) is 4.94. The molecule has 7 nitrogen and oxygen atoms in total. The Morgan fingerprint density at radius 1 is 1.19 bits per heavy atom. The van der Waals surface area contributed by atoms with Gasteiger partial charge in [-0.25, -0.2) is 9.97 Å². The molecule has 1 aliphatic heterocycles. The van der Waals surface area contributed by atoms with Crippen molar-refractivity contribution >= 4 is 11.6 Å². The van der Waals surface area contributed by atoms with Crippen molar-refractivity contribution in [3.05, 3.63) is 48.2 Å². The first-order valence-electron chi connectivity index (χ1n) is 6.63. The first-order valence-corrected chi connectivity index (χ1v) is 6.63. The van der Waals surface area contributed by atoms with Gasteiger partial charge in [-0.15, -0.1) is 10.2 Å². The molecule has 0 atom stereocenters. The van der Waals surface area contributed by atoms with E-state index in [1.54, 1.807) is 12.3 Å². The summed E-state index contributed by atoms with van der Waals surface area (Å²) in [4.78, 5) is 10.4. The molecular weight excluding hydrogens is 266 g/mol. The molecule has 0 saturated carbocycles. The number of nitriles is 1. The highest BCUT2D eigenvalue weighted by atomic mass is 15.3. The smallest absolute Gasteiger partial charge is 0.226 e. The lowest BCUT2D eigenvalue weighted by Crippen LogP contribution is -2.46. The van der Waals surface area contributed by atoms with Crippen molar-refractivity contribution in [2.75, 3.05) is 18.0 Å². The van der Waals surface area contributed by atoms with Crippen LogP contribution in [0.15, 0.2) is 36.7 Å². The molecular formula is C14H11N7. The molecule has 0 unspecified atom stereocenters. The molecule has 4 heterocycles. The zero-order chi connectivity index (χ0) is 14.2. The van der Waals surface area contributed by atoms with Gasteiger partial charge < -0.3 is 4.90 Å². The molecule has 102 valence electrons. The van der Waals surface area contributed by atoms with Crippen LogP contribution < -0.4 is 4.90 Å². The van der Waals surface area contributed by atoms with Crippen LogP contribution in [0, 0.1) is 11.3 Å². The largest absolute Gasteiger partial charge is 0.339 e. The van der Waals surface area contributed by atoms with E-state index in [0.717, 1.165) is 24.6 Å². The summed E-state index contributed by atoms with van der Waals surface area (Å²) in [5, 5.41) is 17.3. The topological polar surface area (TPSA) is 83.0 Å². The van der Waals surface area contributed by atoms with Crippen LogP contribution in [0.1, 0.15) is 17.4 Å². The molecule has 3 aromatic rings. The highest BCUT2D eigenvalue weighted by molar-refractivity contribution is 5.42. The Morgan fingerprint density at radius 3 is 2.95 bits per heavy atom. The number of fused-ring (bicyclic) bond motifs is 1. The minimum absolute atomic E-state index is 0.303. The average molecular weight is 277 g/mol. The number of hydrogen-bond donors (Lipinski definition) is 0. The molecule has 21 heavy (non-hydrogen) atoms. The van der Waals surface area contributed by atoms with Gasteiger partial charge in [-0.05, 0) is 18.2 Å². The second kappa shape index (κ2) is 4.52. The third-order valence-corrected chi connectivity index (χ3v) is 3.63. The molecule has 1 fully saturated rings. The number of nitrogens with zero attached hydrogens (tertiary/aromatic N) is 7. The maximum absolute atomic E-state index is 8.87. The maximum atomic E-state index is 8.87. The van der Waals surface area contributed by atoms with Gasteiger partial charge in [-0.1, -0.05) is 6.07 Å². The molecule has 0 amide bonds. The molecule has 1 aliphatic rings. The van der Waals surface area contributed by atoms with Gasteiger partial charge in [0.05, 0.1) is 5.92 Å². The monoisotopic (exact) mass is 277 g/mol. The van der Waals surface area contributed by atoms with E-state index in [1.165, 1.54) is 0 Å². The molecule has 0 radical (unpaired) electrons. The molecule has 1 saturated heterocycles. The third-order valence-electron chi connectivity index (χ3n) is 3.63. The summed E-state index contributed by atoms with van der Waals surface area (Å²) in [5.74, 6) is 1.86. The lowest BCUT2D eigenvalue weighted by atomic mass is 10.00. The van der Waals surface area contributed by atoms with E-state index >= 15 is 0 Å². The summed E-state index contributed by atoms with van der Waals surface area (Å²) in [5.41, 5.74) is 1.24. The molecule has 0 spiro atoms. The van der Waals surface area contributed by atoms with Gasteiger partial charge in [0.1, 0.15) is 17.6 Å². The van der Waals surface area contributed by atoms with Crippen LogP contribution >= 0.6 is 0 Å². The number of rotatable bonds is 2. The predicted octanol–water partition coefficient (Wildman–Crippen LogP) is 0.995. The zero-order valence-electron chi connectivity index (χ0n) is 11.1. The average Bonchev–Trinajstić information content (AvgIpc) is 2.90. The van der Waals surface area contributed by atoms with Gasteiger partial charge in [0.25, 0.3) is 0 Å². The summed E-state index contributed by atoms with van der Waals surface area (Å²) in [6, 6.07) is 9.48. The summed E-state index contributed by atoms with van der Waals surface area (Å²) < 4.78 is 2.01. The predicted molar refractivity (Wildman–Crippen MR) is 74.7 cm³/mol. The van der Waals surface area contributed by atoms with Crippen molar-refractivity contribution in [2.45, 2.75) is 5.92 Å². The van der Waals surface area contributed by atoms with E-state index in [4.69, 9.17) is 5.26 Å². The van der Waals surface area contributed by atoms with Crippen molar-refractivity contribution in [3.8, 4) is 6.07 Å². The molecule has 3 aromatic heterocycles. The van der Waals surface area contributed by atoms with Gasteiger partial charge in [0, 0.05) is 25.5 Å². The molecule has 0 N–H and O–H groups in total. The summed E-state index contributed by atoms with van der Waals surface area (Å²) in [6.07, 6.45) is 3.58. The van der Waals surface area contributed by atoms with Crippen LogP contribution in [0.4, 0.5) is 5.95 Å². The minimum Gasteiger partial charge on any atom is -0.339 e. The Balaban J connectivity index is 1.56. The fourth-order valence-electron chi connectivity index (χ4n) is 2.51. The Bertz CT molecular complexity index is 842. The van der Waals surface area contributed by atoms with Gasteiger partial charge >= 0.3 is 0 Å². The molecule has 0 aliphatic carbocycles. The maximum Gasteiger partial charge on any atom is 0.226 e. The normalized spacial score (nSPS) is 14.9. The second-order valence-electron chi connectivity index (χ2n) is 4.94. The fourth-order valence-corrected chi connectivity index (χ4v) is 2.51. The van der Waals surface area contributed by atoms with E-state index in [9.17, 15) is 0 Å². The summed E-state index contributed by atoms with van der Waals surface area (Å²) >= 11 is 0. The van der Waals surface area contributed by atoms with E-state index in [2.05, 4.69) is 20.2 Å². The van der Waals surface area contributed by atoms with Gasteiger partial charge in [-0.3, -0.25) is 4.40 Å². The van der Waals surface area contributed by atoms with Crippen molar-refractivity contribution in [1.82, 2.24) is 24.6 Å². The van der Waals surface area contributed by atoms with Crippen molar-refractivity contribution < 1.29 is 0 Å². The first-order chi connectivity index (χ1) is 10.3. The molecule has 0 aromatic carbocycles. The Labute approximate surface area is 120 Å². The Kier molecular flexibility index (Phi) is 2.54. The number of aromatic nitrogens is 5. The Morgan fingerprint density at radius 2 is 2.10 bits per heavy atom. The van der Waals surface area contributed by atoms with Crippen molar-refractivity contribution in [2.24, 2.45) is 0 Å². The third kappa shape index (κ3) is 1.89. The zero-order valence-corrected chi connectivity index (χ0v) is 11.1. The summed E-state index contributed by atoms with van der Waals surface area (Å²) in [7, 11) is 0. The molecule has 0 bridgehead atoms. The van der Waals surface area contributed by atoms with Gasteiger partial charge in [-0.2, -0.15) is 5.26 Å². The lowest BCUT2D eigenvalue weighted by Gasteiger charge is -2.38. The standard InChI is InChI=1S/C14H11N7/c15-7-11-4-5-16-14(17-11)20-8-10(9-20)13-19-18-12-3-1-2-6-21(12)13/h1-6,10H,8-9H2. The Hall–Kier alpha value is -3.01. The van der Waals surface area contributed by atoms with E-state index in [-0.39, 0.29) is 0 Å². The van der Waals surface area contributed by atoms with E-state index in [0.29, 0.717) is 17.6 Å². The van der Waals surface area contributed by atoms with Gasteiger partial charge in [0.15, 0.2) is 5.65 Å². The van der Waals surface area contributed by atoms with Gasteiger partial charge in [0.2, 0.25) is 5.95 Å². The fraction of sp³-hybridized carbons (Fsp3) is 0.214. The molecule has 7 heteroatoms. The SMILES string of the molecule is N#Cc1ccnc(N2CC(c3nnc4ccccn34)C2)n1. The van der Waals surface area contributed by atoms with Crippen LogP contribution in [-0.2, 0) is 0 Å². The van der Waals surface area contributed by atoms with Crippen molar-refractivity contribution in [3.63, 3.8) is 0 Å². The number of hydrogen-bond acceptors (Lipinski definition) is 6. The number of anilines is 1. The van der Waals surface area contributed by atoms with Crippen molar-refractivity contribution in [1.29, 1.82) is 5.26 Å². The first kappa shape index (κ1) is 11.8. The van der Waals surface area contributed by atoms with Crippen LogP contribution in [-0.4, -0.2) is 37.7 Å². The molecule has 4 rings (SSSR count). The van der Waals surface area contributed by atoms with Crippen LogP contribution in [0.3, 0.4) is 0 Å². The van der Waals surface area contributed by atoms with Crippen LogP contribution in [0.2, 0.25) is 0 Å². The minimum atomic E-state index is 0.303. The van der Waals surface area contributed by atoms with E-state index in [1.807, 2.05) is 39.8 Å². The van der Waals surface area contributed by atoms with Crippen LogP contribution in [0.25, 0.3) is 5.65 Å². The quantitative estimate of drug-likeness (QED) is 0.694. The highest BCUT2D eigenvalue weighted by Gasteiger charge is 2.33. The lowest BCUT2D eigenvalue weighted by molar-refractivity contribution is 0.487. The van der Waals surface area contributed by atoms with Crippen LogP contribution in [0.5, 0.6) is 0 Å². The number of pyridine rings is 1. The highest BCUT2D eigenvalue weighted by Crippen LogP contribution is 2.28. The summed E-state index contributed by atoms with van der Waals surface area (Å²) in [6.45, 7) is 1.56.